The number of likely N-dealkylation sites (tertiary alicyclic amines) is 1. The van der Waals surface area contributed by atoms with E-state index in [-0.39, 0.29) is 6.04 Å². The van der Waals surface area contributed by atoms with Crippen LogP contribution in [0, 0.1) is 0 Å². The van der Waals surface area contributed by atoms with Gasteiger partial charge >= 0.3 is 0 Å². The maximum atomic E-state index is 11.8. The summed E-state index contributed by atoms with van der Waals surface area (Å²) in [5.74, 6) is -0.273. The molecule has 5 aliphatic rings. The molecule has 6 rings (SSSR count). The van der Waals surface area contributed by atoms with Crippen molar-refractivity contribution in [2.24, 2.45) is 0 Å². The lowest BCUT2D eigenvalue weighted by Gasteiger charge is -2.63. The van der Waals surface area contributed by atoms with Crippen LogP contribution in [0.1, 0.15) is 17.5 Å². The SMILES string of the molecule is CN1CC[C@]23c4c5ccc6c4O[C@@]2(OO6)[C@@H](O)C=C[C@@]3(O)[C@H]1C5. The lowest BCUT2D eigenvalue weighted by molar-refractivity contribution is -0.422. The number of rotatable bonds is 0. The predicted molar refractivity (Wildman–Crippen MR) is 78.0 cm³/mol. The third kappa shape index (κ3) is 1.02. The molecule has 0 aromatic heterocycles. The topological polar surface area (TPSA) is 71.4 Å². The summed E-state index contributed by atoms with van der Waals surface area (Å²) >= 11 is 0. The van der Waals surface area contributed by atoms with Gasteiger partial charge in [-0.1, -0.05) is 18.2 Å². The van der Waals surface area contributed by atoms with Gasteiger partial charge in [-0.3, -0.25) is 4.90 Å². The molecule has 2 spiro atoms. The largest absolute Gasteiger partial charge is 0.450 e. The number of nitrogens with zero attached hydrogens (tertiary/aromatic N) is 1. The van der Waals surface area contributed by atoms with Crippen molar-refractivity contribution in [1.82, 2.24) is 4.90 Å². The number of hydrogen-bond acceptors (Lipinski definition) is 6. The van der Waals surface area contributed by atoms with E-state index >= 15 is 0 Å². The van der Waals surface area contributed by atoms with Crippen molar-refractivity contribution in [2.75, 3.05) is 13.6 Å². The predicted octanol–water partition coefficient (Wildman–Crippen LogP) is 0.259. The average Bonchev–Trinajstić information content (AvgIpc) is 2.82. The number of likely N-dealkylation sites (N-methyl/N-ethyl adjacent to an activating group) is 1. The molecule has 4 bridgehead atoms. The second kappa shape index (κ2) is 3.42. The van der Waals surface area contributed by atoms with Gasteiger partial charge in [-0.05, 0) is 38.1 Å². The number of piperidine rings is 1. The molecule has 2 N–H and O–H groups in total. The summed E-state index contributed by atoms with van der Waals surface area (Å²) < 4.78 is 6.17. The maximum absolute atomic E-state index is 11.8. The van der Waals surface area contributed by atoms with Crippen molar-refractivity contribution >= 4 is 0 Å². The van der Waals surface area contributed by atoms with Gasteiger partial charge in [0, 0.05) is 11.6 Å². The van der Waals surface area contributed by atoms with E-state index in [9.17, 15) is 10.2 Å². The zero-order valence-electron chi connectivity index (χ0n) is 12.7. The second-order valence-corrected chi connectivity index (χ2v) is 7.35. The standard InChI is InChI=1S/C17H17NO5/c1-18-7-6-15-13-9-2-3-10-14(13)21-17(15,23-22-10)12(19)4-5-16(15,20)11(18)8-9/h2-5,11-12,19-20H,6-8H2,1H3/t11-,12+,15-,16-,17-/m1/s1. The van der Waals surface area contributed by atoms with Gasteiger partial charge in [0.25, 0.3) is 5.79 Å². The van der Waals surface area contributed by atoms with Crippen molar-refractivity contribution in [1.29, 1.82) is 0 Å². The molecular weight excluding hydrogens is 298 g/mol. The maximum Gasteiger partial charge on any atom is 0.294 e. The highest BCUT2D eigenvalue weighted by atomic mass is 17.2. The summed E-state index contributed by atoms with van der Waals surface area (Å²) in [7, 11) is 2.03. The van der Waals surface area contributed by atoms with Crippen LogP contribution in [0.4, 0.5) is 0 Å². The zero-order valence-corrected chi connectivity index (χ0v) is 12.7. The van der Waals surface area contributed by atoms with E-state index in [1.54, 1.807) is 12.2 Å². The molecule has 23 heavy (non-hydrogen) atoms. The number of aliphatic hydroxyl groups excluding tert-OH is 1. The Labute approximate surface area is 132 Å². The highest BCUT2D eigenvalue weighted by molar-refractivity contribution is 5.66. The van der Waals surface area contributed by atoms with Crippen LogP contribution in [0.2, 0.25) is 0 Å². The van der Waals surface area contributed by atoms with Crippen LogP contribution in [0.5, 0.6) is 11.5 Å². The molecule has 0 radical (unpaired) electrons. The van der Waals surface area contributed by atoms with Crippen molar-refractivity contribution < 1.29 is 24.7 Å². The zero-order chi connectivity index (χ0) is 15.6. The Hall–Kier alpha value is -1.60. The van der Waals surface area contributed by atoms with Gasteiger partial charge < -0.3 is 19.8 Å². The summed E-state index contributed by atoms with van der Waals surface area (Å²) in [5, 5.41) is 22.5. The summed E-state index contributed by atoms with van der Waals surface area (Å²) in [6.45, 7) is 0.797. The Morgan fingerprint density at radius 2 is 2.22 bits per heavy atom. The van der Waals surface area contributed by atoms with Crippen molar-refractivity contribution in [3.63, 3.8) is 0 Å². The third-order valence-corrected chi connectivity index (χ3v) is 6.64. The Balaban J connectivity index is 1.80. The van der Waals surface area contributed by atoms with Crippen LogP contribution in [-0.4, -0.2) is 52.2 Å². The molecule has 1 saturated heterocycles. The van der Waals surface area contributed by atoms with Gasteiger partial charge in [-0.25, -0.2) is 0 Å². The van der Waals surface area contributed by atoms with E-state index in [1.807, 2.05) is 19.2 Å². The minimum Gasteiger partial charge on any atom is -0.450 e. The molecule has 1 aromatic carbocycles. The highest BCUT2D eigenvalue weighted by Crippen LogP contribution is 2.69. The third-order valence-electron chi connectivity index (χ3n) is 6.64. The first-order chi connectivity index (χ1) is 11.0. The molecule has 0 saturated carbocycles. The lowest BCUT2D eigenvalue weighted by atomic mass is 9.49. The van der Waals surface area contributed by atoms with Gasteiger partial charge in [-0.2, -0.15) is 0 Å². The van der Waals surface area contributed by atoms with Gasteiger partial charge in [0.15, 0.2) is 5.75 Å². The number of benzene rings is 1. The number of hydrogen-bond donors (Lipinski definition) is 2. The summed E-state index contributed by atoms with van der Waals surface area (Å²) in [6, 6.07) is 3.78. The fourth-order valence-electron chi connectivity index (χ4n) is 5.62. The summed E-state index contributed by atoms with van der Waals surface area (Å²) in [6.07, 6.45) is 3.69. The van der Waals surface area contributed by atoms with E-state index < -0.39 is 22.9 Å². The van der Waals surface area contributed by atoms with Crippen molar-refractivity contribution in [2.45, 2.75) is 41.8 Å². The Morgan fingerprint density at radius 1 is 1.35 bits per heavy atom. The number of aliphatic hydroxyl groups is 2. The molecule has 3 aliphatic heterocycles. The Morgan fingerprint density at radius 3 is 3.09 bits per heavy atom. The molecule has 3 heterocycles. The quantitative estimate of drug-likeness (QED) is 0.529. The second-order valence-electron chi connectivity index (χ2n) is 7.35. The monoisotopic (exact) mass is 315 g/mol. The molecule has 0 unspecified atom stereocenters. The van der Waals surface area contributed by atoms with Gasteiger partial charge in [0.1, 0.15) is 17.1 Å². The molecule has 120 valence electrons. The summed E-state index contributed by atoms with van der Waals surface area (Å²) in [4.78, 5) is 13.3. The normalized spacial score (nSPS) is 48.0. The van der Waals surface area contributed by atoms with Crippen LogP contribution in [0.25, 0.3) is 0 Å². The Bertz CT molecular complexity index is 793. The fourth-order valence-corrected chi connectivity index (χ4v) is 5.62. The van der Waals surface area contributed by atoms with E-state index in [0.717, 1.165) is 24.1 Å². The average molecular weight is 315 g/mol. The first kappa shape index (κ1) is 12.8. The minimum atomic E-state index is -1.41. The lowest BCUT2D eigenvalue weighted by Crippen LogP contribution is -2.80. The van der Waals surface area contributed by atoms with Crippen LogP contribution in [0.15, 0.2) is 24.3 Å². The van der Waals surface area contributed by atoms with Crippen LogP contribution < -0.4 is 9.62 Å². The molecule has 6 nitrogen and oxygen atoms in total. The molecule has 6 heteroatoms. The van der Waals surface area contributed by atoms with E-state index in [2.05, 4.69) is 4.90 Å². The van der Waals surface area contributed by atoms with E-state index in [4.69, 9.17) is 14.5 Å². The first-order valence-electron chi connectivity index (χ1n) is 8.05. The fraction of sp³-hybridized carbons (Fsp3) is 0.529. The van der Waals surface area contributed by atoms with E-state index in [0.29, 0.717) is 17.9 Å². The number of ether oxygens (including phenoxy) is 1. The van der Waals surface area contributed by atoms with Crippen LogP contribution in [0.3, 0.4) is 0 Å². The van der Waals surface area contributed by atoms with Gasteiger partial charge in [0.05, 0.1) is 0 Å². The van der Waals surface area contributed by atoms with Crippen molar-refractivity contribution in [3.05, 3.63) is 35.4 Å². The molecule has 1 aromatic rings. The molecule has 2 aliphatic carbocycles. The summed E-state index contributed by atoms with van der Waals surface area (Å²) in [5.41, 5.74) is 0.0936. The molecule has 1 fully saturated rings. The minimum absolute atomic E-state index is 0.0889. The smallest absolute Gasteiger partial charge is 0.294 e. The molecular formula is C17H17NO5. The first-order valence-corrected chi connectivity index (χ1v) is 8.05. The van der Waals surface area contributed by atoms with Gasteiger partial charge in [-0.15, -0.1) is 4.89 Å². The highest BCUT2D eigenvalue weighted by Gasteiger charge is 2.81. The molecule has 5 atom stereocenters. The van der Waals surface area contributed by atoms with Crippen LogP contribution in [-0.2, 0) is 16.7 Å². The van der Waals surface area contributed by atoms with Gasteiger partial charge in [0.2, 0.25) is 5.75 Å². The van der Waals surface area contributed by atoms with Crippen LogP contribution >= 0.6 is 0 Å². The van der Waals surface area contributed by atoms with E-state index in [1.165, 1.54) is 0 Å². The van der Waals surface area contributed by atoms with Crippen molar-refractivity contribution in [3.8, 4) is 11.5 Å². The molecule has 0 amide bonds. The Kier molecular flexibility index (Phi) is 1.90.